The third-order valence-corrected chi connectivity index (χ3v) is 5.77. The molecule has 2 N–H and O–H groups in total. The van der Waals surface area contributed by atoms with E-state index in [4.69, 9.17) is 0 Å². The van der Waals surface area contributed by atoms with Gasteiger partial charge in [-0.15, -0.1) is 0 Å². The highest BCUT2D eigenvalue weighted by Crippen LogP contribution is 2.33. The topological polar surface area (TPSA) is 87.5 Å². The molecule has 142 valence electrons. The van der Waals surface area contributed by atoms with Crippen molar-refractivity contribution in [3.63, 3.8) is 0 Å². The number of halogens is 2. The van der Waals surface area contributed by atoms with Gasteiger partial charge in [-0.3, -0.25) is 10.1 Å². The molecule has 1 heterocycles. The molecular formula is C18H18BrIN4O3. The quantitative estimate of drug-likeness (QED) is 0.319. The van der Waals surface area contributed by atoms with Gasteiger partial charge in [-0.25, -0.2) is 4.79 Å². The van der Waals surface area contributed by atoms with E-state index in [9.17, 15) is 14.9 Å². The molecule has 9 heteroatoms. The first-order chi connectivity index (χ1) is 12.9. The Balaban J connectivity index is 1.56. The average Bonchev–Trinajstić information content (AvgIpc) is 2.64. The van der Waals surface area contributed by atoms with Crippen LogP contribution >= 0.6 is 38.5 Å². The fourth-order valence-electron chi connectivity index (χ4n) is 3.00. The van der Waals surface area contributed by atoms with Crippen molar-refractivity contribution in [1.82, 2.24) is 4.90 Å². The third kappa shape index (κ3) is 5.10. The summed E-state index contributed by atoms with van der Waals surface area (Å²) >= 11 is 5.45. The summed E-state index contributed by atoms with van der Waals surface area (Å²) < 4.78 is 1.56. The molecule has 1 fully saturated rings. The minimum atomic E-state index is -0.393. The van der Waals surface area contributed by atoms with Crippen molar-refractivity contribution < 1.29 is 9.72 Å². The highest BCUT2D eigenvalue weighted by Gasteiger charge is 2.25. The molecule has 27 heavy (non-hydrogen) atoms. The van der Waals surface area contributed by atoms with Gasteiger partial charge in [-0.1, -0.05) is 6.07 Å². The minimum absolute atomic E-state index is 0.0383. The molecule has 7 nitrogen and oxygen atoms in total. The molecule has 1 aliphatic rings. The predicted molar refractivity (Wildman–Crippen MR) is 117 cm³/mol. The number of para-hydroxylation sites is 1. The molecule has 0 radical (unpaired) electrons. The van der Waals surface area contributed by atoms with E-state index in [0.29, 0.717) is 23.2 Å². The van der Waals surface area contributed by atoms with Crippen LogP contribution in [0.3, 0.4) is 0 Å². The molecule has 0 bridgehead atoms. The van der Waals surface area contributed by atoms with Crippen molar-refractivity contribution in [2.24, 2.45) is 0 Å². The van der Waals surface area contributed by atoms with Gasteiger partial charge in [-0.05, 0) is 87.8 Å². The summed E-state index contributed by atoms with van der Waals surface area (Å²) in [6.07, 6.45) is 1.45. The van der Waals surface area contributed by atoms with E-state index in [-0.39, 0.29) is 17.8 Å². The van der Waals surface area contributed by atoms with Crippen LogP contribution in [0.5, 0.6) is 0 Å². The maximum absolute atomic E-state index is 12.4. The summed E-state index contributed by atoms with van der Waals surface area (Å²) in [5.41, 5.74) is 1.30. The number of nitro groups is 1. The second-order valence-corrected chi connectivity index (χ2v) is 8.34. The largest absolute Gasteiger partial charge is 0.377 e. The van der Waals surface area contributed by atoms with Crippen LogP contribution < -0.4 is 10.6 Å². The number of nitrogens with zero attached hydrogens (tertiary/aromatic N) is 2. The number of amides is 2. The Morgan fingerprint density at radius 1 is 1.19 bits per heavy atom. The number of hydrogen-bond acceptors (Lipinski definition) is 4. The van der Waals surface area contributed by atoms with Crippen molar-refractivity contribution in [2.45, 2.75) is 18.9 Å². The van der Waals surface area contributed by atoms with Crippen LogP contribution in [0.4, 0.5) is 21.9 Å². The van der Waals surface area contributed by atoms with Gasteiger partial charge in [0.15, 0.2) is 0 Å². The Bertz CT molecular complexity index is 839. The summed E-state index contributed by atoms with van der Waals surface area (Å²) in [6.45, 7) is 1.19. The van der Waals surface area contributed by atoms with Gasteiger partial charge in [0.05, 0.1) is 9.40 Å². The SMILES string of the molecule is O=C(Nc1ccc(I)cc1)N1CCC(Nc2cccc(Br)c2[N+](=O)[O-])CC1. The smallest absolute Gasteiger partial charge is 0.321 e. The van der Waals surface area contributed by atoms with Crippen LogP contribution in [0, 0.1) is 13.7 Å². The number of urea groups is 1. The normalized spacial score (nSPS) is 14.7. The van der Waals surface area contributed by atoms with Crippen molar-refractivity contribution in [3.8, 4) is 0 Å². The molecule has 1 aliphatic heterocycles. The van der Waals surface area contributed by atoms with Crippen molar-refractivity contribution in [3.05, 3.63) is 60.6 Å². The van der Waals surface area contributed by atoms with Crippen LogP contribution in [-0.2, 0) is 0 Å². The van der Waals surface area contributed by atoms with Gasteiger partial charge in [0.2, 0.25) is 0 Å². The maximum atomic E-state index is 12.4. The molecule has 2 amide bonds. The monoisotopic (exact) mass is 544 g/mol. The summed E-state index contributed by atoms with van der Waals surface area (Å²) in [6, 6.07) is 12.7. The van der Waals surface area contributed by atoms with Gasteiger partial charge in [0.25, 0.3) is 0 Å². The van der Waals surface area contributed by atoms with E-state index in [1.807, 2.05) is 24.3 Å². The Hall–Kier alpha value is -1.88. The molecule has 3 rings (SSSR count). The van der Waals surface area contributed by atoms with Gasteiger partial charge >= 0.3 is 11.7 Å². The average molecular weight is 545 g/mol. The molecule has 0 aromatic heterocycles. The van der Waals surface area contributed by atoms with Gasteiger partial charge in [-0.2, -0.15) is 0 Å². The summed E-state index contributed by atoms with van der Waals surface area (Å²) in [7, 11) is 0. The first-order valence-electron chi connectivity index (χ1n) is 8.45. The number of hydrogen-bond donors (Lipinski definition) is 2. The standard InChI is InChI=1S/C18H18BrIN4O3/c19-15-2-1-3-16(17(15)24(26)27)21-14-8-10-23(11-9-14)18(25)22-13-6-4-12(20)5-7-13/h1-7,14,21H,8-11H2,(H,22,25). The van der Waals surface area contributed by atoms with Crippen LogP contribution in [0.2, 0.25) is 0 Å². The van der Waals surface area contributed by atoms with E-state index in [1.165, 1.54) is 0 Å². The molecule has 0 saturated carbocycles. The third-order valence-electron chi connectivity index (χ3n) is 4.41. The number of rotatable bonds is 4. The van der Waals surface area contributed by atoms with E-state index < -0.39 is 4.92 Å². The number of nitrogens with one attached hydrogen (secondary N) is 2. The number of carbonyl (C=O) groups excluding carboxylic acids is 1. The van der Waals surface area contributed by atoms with Crippen molar-refractivity contribution in [2.75, 3.05) is 23.7 Å². The molecule has 2 aromatic rings. The van der Waals surface area contributed by atoms with Gasteiger partial charge < -0.3 is 15.5 Å². The lowest BCUT2D eigenvalue weighted by atomic mass is 10.0. The Labute approximate surface area is 178 Å². The van der Waals surface area contributed by atoms with Crippen LogP contribution in [0.15, 0.2) is 46.9 Å². The molecular weight excluding hydrogens is 527 g/mol. The second kappa shape index (κ2) is 8.87. The first-order valence-corrected chi connectivity index (χ1v) is 10.3. The maximum Gasteiger partial charge on any atom is 0.321 e. The van der Waals surface area contributed by atoms with Crippen molar-refractivity contribution in [1.29, 1.82) is 0 Å². The fourth-order valence-corrected chi connectivity index (χ4v) is 3.87. The predicted octanol–water partition coefficient (Wildman–Crippen LogP) is 5.07. The van der Waals surface area contributed by atoms with E-state index in [0.717, 1.165) is 22.1 Å². The Kier molecular flexibility index (Phi) is 6.53. The highest BCUT2D eigenvalue weighted by molar-refractivity contribution is 14.1. The number of nitro benzene ring substituents is 1. The fraction of sp³-hybridized carbons (Fsp3) is 0.278. The molecule has 0 aliphatic carbocycles. The molecule has 2 aromatic carbocycles. The zero-order chi connectivity index (χ0) is 19.4. The summed E-state index contributed by atoms with van der Waals surface area (Å²) in [5.74, 6) is 0. The number of anilines is 2. The minimum Gasteiger partial charge on any atom is -0.377 e. The zero-order valence-electron chi connectivity index (χ0n) is 14.3. The van der Waals surface area contributed by atoms with Crippen molar-refractivity contribution >= 4 is 61.6 Å². The van der Waals surface area contributed by atoms with E-state index in [2.05, 4.69) is 49.2 Å². The molecule has 0 unspecified atom stereocenters. The number of benzene rings is 2. The molecule has 0 atom stereocenters. The lowest BCUT2D eigenvalue weighted by Crippen LogP contribution is -2.44. The lowest BCUT2D eigenvalue weighted by molar-refractivity contribution is -0.384. The van der Waals surface area contributed by atoms with Crippen LogP contribution in [-0.4, -0.2) is 35.0 Å². The highest BCUT2D eigenvalue weighted by atomic mass is 127. The first kappa shape index (κ1) is 19.9. The van der Waals surface area contributed by atoms with Crippen LogP contribution in [0.25, 0.3) is 0 Å². The van der Waals surface area contributed by atoms with Gasteiger partial charge in [0.1, 0.15) is 5.69 Å². The lowest BCUT2D eigenvalue weighted by Gasteiger charge is -2.32. The summed E-state index contributed by atoms with van der Waals surface area (Å²) in [5, 5.41) is 17.5. The van der Waals surface area contributed by atoms with E-state index in [1.54, 1.807) is 23.1 Å². The second-order valence-electron chi connectivity index (χ2n) is 6.24. The Morgan fingerprint density at radius 2 is 1.85 bits per heavy atom. The van der Waals surface area contributed by atoms with E-state index >= 15 is 0 Å². The molecule has 0 spiro atoms. The number of piperidine rings is 1. The van der Waals surface area contributed by atoms with Crippen LogP contribution in [0.1, 0.15) is 12.8 Å². The summed E-state index contributed by atoms with van der Waals surface area (Å²) in [4.78, 5) is 25.1. The van der Waals surface area contributed by atoms with Gasteiger partial charge in [0, 0.05) is 28.4 Å². The molecule has 1 saturated heterocycles. The zero-order valence-corrected chi connectivity index (χ0v) is 18.1. The Morgan fingerprint density at radius 3 is 2.48 bits per heavy atom. The number of carbonyl (C=O) groups is 1. The number of likely N-dealkylation sites (tertiary alicyclic amines) is 1.